The van der Waals surface area contributed by atoms with Gasteiger partial charge in [-0.2, -0.15) is 0 Å². The highest BCUT2D eigenvalue weighted by Gasteiger charge is 2.32. The SMILES string of the molecule is CCOc1ccc(C(=O)OC(C)C(=O)N2CCNC2=O)cc1[N+](=O)[O-]. The van der Waals surface area contributed by atoms with Crippen molar-refractivity contribution in [2.75, 3.05) is 19.7 Å². The summed E-state index contributed by atoms with van der Waals surface area (Å²) >= 11 is 0. The molecule has 25 heavy (non-hydrogen) atoms. The fraction of sp³-hybridized carbons (Fsp3) is 0.400. The molecule has 1 aliphatic rings. The summed E-state index contributed by atoms with van der Waals surface area (Å²) in [4.78, 5) is 47.0. The second-order valence-electron chi connectivity index (χ2n) is 5.14. The van der Waals surface area contributed by atoms with Crippen LogP contribution in [-0.4, -0.2) is 53.5 Å². The van der Waals surface area contributed by atoms with Gasteiger partial charge in [0, 0.05) is 19.2 Å². The van der Waals surface area contributed by atoms with E-state index in [0.29, 0.717) is 6.54 Å². The Labute approximate surface area is 142 Å². The molecule has 1 saturated heterocycles. The third kappa shape index (κ3) is 4.03. The molecule has 10 nitrogen and oxygen atoms in total. The summed E-state index contributed by atoms with van der Waals surface area (Å²) in [5.41, 5.74) is -0.477. The highest BCUT2D eigenvalue weighted by atomic mass is 16.6. The normalized spacial score (nSPS) is 14.6. The Morgan fingerprint density at radius 1 is 1.44 bits per heavy atom. The largest absolute Gasteiger partial charge is 0.487 e. The maximum Gasteiger partial charge on any atom is 0.339 e. The van der Waals surface area contributed by atoms with Gasteiger partial charge in [-0.15, -0.1) is 0 Å². The molecule has 0 saturated carbocycles. The molecule has 0 aromatic heterocycles. The molecule has 1 aliphatic heterocycles. The van der Waals surface area contributed by atoms with E-state index in [2.05, 4.69) is 5.32 Å². The zero-order valence-corrected chi connectivity index (χ0v) is 13.7. The molecule has 0 spiro atoms. The van der Waals surface area contributed by atoms with Crippen LogP contribution in [0.3, 0.4) is 0 Å². The number of amides is 3. The summed E-state index contributed by atoms with van der Waals surface area (Å²) in [6, 6.07) is 3.07. The van der Waals surface area contributed by atoms with Crippen LogP contribution in [0.5, 0.6) is 5.75 Å². The first-order valence-electron chi connectivity index (χ1n) is 7.56. The molecule has 1 fully saturated rings. The van der Waals surface area contributed by atoms with Crippen molar-refractivity contribution in [1.82, 2.24) is 10.2 Å². The van der Waals surface area contributed by atoms with Crippen molar-refractivity contribution in [3.63, 3.8) is 0 Å². The van der Waals surface area contributed by atoms with Gasteiger partial charge < -0.3 is 14.8 Å². The Balaban J connectivity index is 2.12. The number of nitrogens with one attached hydrogen (secondary N) is 1. The lowest BCUT2D eigenvalue weighted by atomic mass is 10.2. The first-order chi connectivity index (χ1) is 11.8. The molecule has 1 aromatic rings. The number of nitro groups is 1. The van der Waals surface area contributed by atoms with E-state index < -0.39 is 28.9 Å². The van der Waals surface area contributed by atoms with E-state index in [1.807, 2.05) is 0 Å². The van der Waals surface area contributed by atoms with E-state index in [4.69, 9.17) is 9.47 Å². The topological polar surface area (TPSA) is 128 Å². The lowest BCUT2D eigenvalue weighted by Crippen LogP contribution is -2.41. The second kappa shape index (κ2) is 7.60. The summed E-state index contributed by atoms with van der Waals surface area (Å²) in [5, 5.41) is 13.5. The fourth-order valence-electron chi connectivity index (χ4n) is 2.24. The Kier molecular flexibility index (Phi) is 5.52. The van der Waals surface area contributed by atoms with Gasteiger partial charge in [-0.05, 0) is 26.0 Å². The van der Waals surface area contributed by atoms with Crippen LogP contribution in [0, 0.1) is 10.1 Å². The van der Waals surface area contributed by atoms with E-state index in [9.17, 15) is 24.5 Å². The van der Waals surface area contributed by atoms with E-state index in [-0.39, 0.29) is 30.2 Å². The number of benzene rings is 1. The maximum absolute atomic E-state index is 12.1. The van der Waals surface area contributed by atoms with Gasteiger partial charge in [0.05, 0.1) is 17.1 Å². The van der Waals surface area contributed by atoms with Gasteiger partial charge in [0.15, 0.2) is 11.9 Å². The lowest BCUT2D eigenvalue weighted by molar-refractivity contribution is -0.385. The van der Waals surface area contributed by atoms with Crippen molar-refractivity contribution in [3.05, 3.63) is 33.9 Å². The molecule has 0 bridgehead atoms. The first kappa shape index (κ1) is 18.2. The summed E-state index contributed by atoms with van der Waals surface area (Å²) in [7, 11) is 0. The zero-order chi connectivity index (χ0) is 18.6. The molecule has 0 aliphatic carbocycles. The average molecular weight is 351 g/mol. The molecule has 2 rings (SSSR count). The predicted octanol–water partition coefficient (Wildman–Crippen LogP) is 1.09. The van der Waals surface area contributed by atoms with Gasteiger partial charge in [0.25, 0.3) is 5.91 Å². The van der Waals surface area contributed by atoms with Gasteiger partial charge in [-0.25, -0.2) is 9.59 Å². The number of carbonyl (C=O) groups is 3. The molecular formula is C15H17N3O7. The molecule has 3 amide bonds. The molecule has 1 N–H and O–H groups in total. The first-order valence-corrected chi connectivity index (χ1v) is 7.56. The number of carbonyl (C=O) groups excluding carboxylic acids is 3. The molecule has 1 unspecified atom stereocenters. The molecule has 1 heterocycles. The van der Waals surface area contributed by atoms with E-state index in [0.717, 1.165) is 11.0 Å². The van der Waals surface area contributed by atoms with Gasteiger partial charge in [0.1, 0.15) is 0 Å². The van der Waals surface area contributed by atoms with Gasteiger partial charge in [-0.1, -0.05) is 0 Å². The van der Waals surface area contributed by atoms with Gasteiger partial charge in [-0.3, -0.25) is 19.8 Å². The van der Waals surface area contributed by atoms with E-state index in [1.165, 1.54) is 19.1 Å². The standard InChI is InChI=1S/C15H17N3O7/c1-3-24-12-5-4-10(8-11(12)18(22)23)14(20)25-9(2)13(19)17-7-6-16-15(17)21/h4-5,8-9H,3,6-7H2,1-2H3,(H,16,21). The number of hydrogen-bond acceptors (Lipinski definition) is 7. The summed E-state index contributed by atoms with van der Waals surface area (Å²) < 4.78 is 10.2. The maximum atomic E-state index is 12.1. The Bertz CT molecular complexity index is 719. The number of ether oxygens (including phenoxy) is 2. The van der Waals surface area contributed by atoms with Gasteiger partial charge >= 0.3 is 17.7 Å². The molecular weight excluding hydrogens is 334 g/mol. The van der Waals surface area contributed by atoms with Crippen LogP contribution in [-0.2, 0) is 9.53 Å². The Morgan fingerprint density at radius 2 is 2.16 bits per heavy atom. The number of rotatable bonds is 6. The summed E-state index contributed by atoms with van der Waals surface area (Å²) in [6.45, 7) is 3.75. The van der Waals surface area contributed by atoms with E-state index >= 15 is 0 Å². The predicted molar refractivity (Wildman–Crippen MR) is 84.3 cm³/mol. The monoisotopic (exact) mass is 351 g/mol. The quantitative estimate of drug-likeness (QED) is 0.461. The molecule has 0 radical (unpaired) electrons. The van der Waals surface area contributed by atoms with Crippen molar-refractivity contribution >= 4 is 23.6 Å². The molecule has 1 aromatic carbocycles. The van der Waals surface area contributed by atoms with Crippen molar-refractivity contribution in [2.24, 2.45) is 0 Å². The van der Waals surface area contributed by atoms with Crippen LogP contribution in [0.15, 0.2) is 18.2 Å². The van der Waals surface area contributed by atoms with Crippen LogP contribution in [0.4, 0.5) is 10.5 Å². The average Bonchev–Trinajstić information content (AvgIpc) is 3.00. The van der Waals surface area contributed by atoms with Crippen LogP contribution >= 0.6 is 0 Å². The number of esters is 1. The minimum Gasteiger partial charge on any atom is -0.487 e. The second-order valence-corrected chi connectivity index (χ2v) is 5.14. The number of hydrogen-bond donors (Lipinski definition) is 1. The third-order valence-electron chi connectivity index (χ3n) is 3.45. The van der Waals surface area contributed by atoms with Crippen LogP contribution < -0.4 is 10.1 Å². The van der Waals surface area contributed by atoms with Crippen molar-refractivity contribution < 1.29 is 28.8 Å². The minimum atomic E-state index is -1.21. The number of nitrogens with zero attached hydrogens (tertiary/aromatic N) is 2. The smallest absolute Gasteiger partial charge is 0.339 e. The molecule has 10 heteroatoms. The zero-order valence-electron chi connectivity index (χ0n) is 13.7. The Morgan fingerprint density at radius 3 is 2.72 bits per heavy atom. The number of urea groups is 1. The molecule has 134 valence electrons. The van der Waals surface area contributed by atoms with Crippen molar-refractivity contribution in [3.8, 4) is 5.75 Å². The third-order valence-corrected chi connectivity index (χ3v) is 3.45. The van der Waals surface area contributed by atoms with Crippen LogP contribution in [0.1, 0.15) is 24.2 Å². The van der Waals surface area contributed by atoms with E-state index in [1.54, 1.807) is 6.92 Å². The Hall–Kier alpha value is -3.17. The van der Waals surface area contributed by atoms with Gasteiger partial charge in [0.2, 0.25) is 0 Å². The van der Waals surface area contributed by atoms with Crippen LogP contribution in [0.2, 0.25) is 0 Å². The lowest BCUT2D eigenvalue weighted by Gasteiger charge is -2.18. The summed E-state index contributed by atoms with van der Waals surface area (Å²) in [6.07, 6.45) is -1.21. The summed E-state index contributed by atoms with van der Waals surface area (Å²) in [5.74, 6) is -1.54. The minimum absolute atomic E-state index is 0.0295. The van der Waals surface area contributed by atoms with Crippen molar-refractivity contribution in [2.45, 2.75) is 20.0 Å². The van der Waals surface area contributed by atoms with Crippen LogP contribution in [0.25, 0.3) is 0 Å². The number of nitro benzene ring substituents is 1. The molecule has 1 atom stereocenters. The number of imide groups is 1. The fourth-order valence-corrected chi connectivity index (χ4v) is 2.24. The van der Waals surface area contributed by atoms with Crippen molar-refractivity contribution in [1.29, 1.82) is 0 Å². The highest BCUT2D eigenvalue weighted by Crippen LogP contribution is 2.28. The highest BCUT2D eigenvalue weighted by molar-refractivity contribution is 5.99.